The predicted octanol–water partition coefficient (Wildman–Crippen LogP) is 4.41. The lowest BCUT2D eigenvalue weighted by atomic mass is 9.74. The lowest BCUT2D eigenvalue weighted by Crippen LogP contribution is -2.44. The SMILES string of the molecule is CC1CC1C(=O)Nc1cccc(C(=O)NCC2(c3ccc(Cl)cc3)CCOCC2)c1. The van der Waals surface area contributed by atoms with E-state index in [0.717, 1.165) is 24.8 Å². The van der Waals surface area contributed by atoms with Crippen LogP contribution in [0.4, 0.5) is 5.69 Å². The number of ether oxygens (including phenoxy) is 1. The van der Waals surface area contributed by atoms with Crippen LogP contribution in [0.3, 0.4) is 0 Å². The van der Waals surface area contributed by atoms with Crippen molar-refractivity contribution in [1.29, 1.82) is 0 Å². The molecule has 1 saturated carbocycles. The van der Waals surface area contributed by atoms with Gasteiger partial charge in [-0.1, -0.05) is 36.7 Å². The highest BCUT2D eigenvalue weighted by Gasteiger charge is 2.39. The molecule has 30 heavy (non-hydrogen) atoms. The standard InChI is InChI=1S/C24H27ClN2O3/c1-16-13-21(16)23(29)27-20-4-2-3-17(14-20)22(28)26-15-24(9-11-30-12-10-24)18-5-7-19(25)8-6-18/h2-8,14,16,21H,9-13,15H2,1H3,(H,26,28)(H,27,29). The average molecular weight is 427 g/mol. The van der Waals surface area contributed by atoms with Gasteiger partial charge in [0, 0.05) is 47.4 Å². The van der Waals surface area contributed by atoms with E-state index in [-0.39, 0.29) is 23.1 Å². The summed E-state index contributed by atoms with van der Waals surface area (Å²) in [6, 6.07) is 15.0. The van der Waals surface area contributed by atoms with Crippen LogP contribution in [0.2, 0.25) is 5.02 Å². The van der Waals surface area contributed by atoms with E-state index in [0.29, 0.717) is 41.9 Å². The number of rotatable bonds is 6. The van der Waals surface area contributed by atoms with Crippen LogP contribution in [0.1, 0.15) is 42.1 Å². The smallest absolute Gasteiger partial charge is 0.251 e. The van der Waals surface area contributed by atoms with Gasteiger partial charge in [0.25, 0.3) is 5.91 Å². The minimum absolute atomic E-state index is 0.0314. The molecule has 0 aromatic heterocycles. The molecule has 4 rings (SSSR count). The van der Waals surface area contributed by atoms with E-state index in [2.05, 4.69) is 17.6 Å². The van der Waals surface area contributed by atoms with Gasteiger partial charge >= 0.3 is 0 Å². The van der Waals surface area contributed by atoms with Crippen molar-refractivity contribution in [2.45, 2.75) is 31.6 Å². The normalized spacial score (nSPS) is 22.2. The summed E-state index contributed by atoms with van der Waals surface area (Å²) in [6.07, 6.45) is 2.61. The molecule has 2 unspecified atom stereocenters. The van der Waals surface area contributed by atoms with Gasteiger partial charge in [-0.25, -0.2) is 0 Å². The highest BCUT2D eigenvalue weighted by Crippen LogP contribution is 2.38. The first-order valence-corrected chi connectivity index (χ1v) is 10.9. The zero-order valence-corrected chi connectivity index (χ0v) is 17.9. The highest BCUT2D eigenvalue weighted by molar-refractivity contribution is 6.30. The van der Waals surface area contributed by atoms with Gasteiger partial charge in [-0.15, -0.1) is 0 Å². The Morgan fingerprint density at radius 1 is 1.13 bits per heavy atom. The maximum atomic E-state index is 12.9. The summed E-state index contributed by atoms with van der Waals surface area (Å²) in [6.45, 7) is 3.92. The molecule has 0 spiro atoms. The molecule has 2 fully saturated rings. The Morgan fingerprint density at radius 2 is 1.83 bits per heavy atom. The maximum absolute atomic E-state index is 12.9. The minimum Gasteiger partial charge on any atom is -0.381 e. The van der Waals surface area contributed by atoms with Gasteiger partial charge in [0.05, 0.1) is 0 Å². The lowest BCUT2D eigenvalue weighted by molar-refractivity contribution is -0.117. The molecule has 2 aliphatic rings. The fourth-order valence-corrected chi connectivity index (χ4v) is 4.27. The fraction of sp³-hybridized carbons (Fsp3) is 0.417. The summed E-state index contributed by atoms with van der Waals surface area (Å²) < 4.78 is 5.57. The zero-order chi connectivity index (χ0) is 21.1. The number of halogens is 1. The van der Waals surface area contributed by atoms with E-state index in [1.165, 1.54) is 0 Å². The monoisotopic (exact) mass is 426 g/mol. The summed E-state index contributed by atoms with van der Waals surface area (Å²) in [7, 11) is 0. The molecule has 0 bridgehead atoms. The Morgan fingerprint density at radius 3 is 2.50 bits per heavy atom. The average Bonchev–Trinajstić information content (AvgIpc) is 3.50. The predicted molar refractivity (Wildman–Crippen MR) is 118 cm³/mol. The molecule has 2 atom stereocenters. The summed E-state index contributed by atoms with van der Waals surface area (Å²) in [4.78, 5) is 25.1. The molecular formula is C24H27ClN2O3. The maximum Gasteiger partial charge on any atom is 0.251 e. The number of hydrogen-bond donors (Lipinski definition) is 2. The molecule has 2 aromatic carbocycles. The van der Waals surface area contributed by atoms with Gasteiger partial charge in [0.2, 0.25) is 5.91 Å². The quantitative estimate of drug-likeness (QED) is 0.718. The van der Waals surface area contributed by atoms with Crippen LogP contribution in [0.5, 0.6) is 0 Å². The van der Waals surface area contributed by atoms with Crippen molar-refractivity contribution in [1.82, 2.24) is 5.32 Å². The largest absolute Gasteiger partial charge is 0.381 e. The summed E-state index contributed by atoms with van der Waals surface area (Å²) in [5, 5.41) is 6.73. The van der Waals surface area contributed by atoms with E-state index in [9.17, 15) is 9.59 Å². The van der Waals surface area contributed by atoms with Crippen LogP contribution >= 0.6 is 11.6 Å². The van der Waals surface area contributed by atoms with Crippen LogP contribution in [0.15, 0.2) is 48.5 Å². The van der Waals surface area contributed by atoms with E-state index >= 15 is 0 Å². The Labute approximate surface area is 182 Å². The minimum atomic E-state index is -0.174. The van der Waals surface area contributed by atoms with Gasteiger partial charge in [-0.05, 0) is 61.1 Å². The van der Waals surface area contributed by atoms with Crippen LogP contribution in [-0.4, -0.2) is 31.6 Å². The number of hydrogen-bond acceptors (Lipinski definition) is 3. The van der Waals surface area contributed by atoms with Crippen molar-refractivity contribution < 1.29 is 14.3 Å². The first-order chi connectivity index (χ1) is 14.5. The third-order valence-corrected chi connectivity index (χ3v) is 6.58. The number of amides is 2. The highest BCUT2D eigenvalue weighted by atomic mass is 35.5. The van der Waals surface area contributed by atoms with Crippen molar-refractivity contribution in [2.24, 2.45) is 11.8 Å². The molecule has 1 saturated heterocycles. The van der Waals surface area contributed by atoms with Crippen molar-refractivity contribution in [3.05, 3.63) is 64.7 Å². The first kappa shape index (κ1) is 20.9. The summed E-state index contributed by atoms with van der Waals surface area (Å²) in [5.74, 6) is 0.421. The number of carbonyl (C=O) groups is 2. The number of carbonyl (C=O) groups excluding carboxylic acids is 2. The summed E-state index contributed by atoms with van der Waals surface area (Å²) in [5.41, 5.74) is 2.18. The van der Waals surface area contributed by atoms with Crippen LogP contribution in [-0.2, 0) is 14.9 Å². The van der Waals surface area contributed by atoms with Crippen molar-refractivity contribution in [3.63, 3.8) is 0 Å². The molecule has 6 heteroatoms. The number of anilines is 1. The van der Waals surface area contributed by atoms with Crippen LogP contribution in [0, 0.1) is 11.8 Å². The second-order valence-electron chi connectivity index (χ2n) is 8.47. The molecule has 2 amide bonds. The molecule has 1 aliphatic carbocycles. The molecule has 1 aliphatic heterocycles. The second-order valence-corrected chi connectivity index (χ2v) is 8.91. The summed E-state index contributed by atoms with van der Waals surface area (Å²) >= 11 is 6.06. The van der Waals surface area contributed by atoms with E-state index < -0.39 is 0 Å². The fourth-order valence-electron chi connectivity index (χ4n) is 4.15. The molecule has 1 heterocycles. The van der Waals surface area contributed by atoms with E-state index in [4.69, 9.17) is 16.3 Å². The van der Waals surface area contributed by atoms with Gasteiger partial charge < -0.3 is 15.4 Å². The van der Waals surface area contributed by atoms with Crippen molar-refractivity contribution in [3.8, 4) is 0 Å². The Hall–Kier alpha value is -2.37. The topological polar surface area (TPSA) is 67.4 Å². The van der Waals surface area contributed by atoms with Crippen molar-refractivity contribution in [2.75, 3.05) is 25.1 Å². The molecule has 0 radical (unpaired) electrons. The van der Waals surface area contributed by atoms with E-state index in [1.54, 1.807) is 18.2 Å². The third-order valence-electron chi connectivity index (χ3n) is 6.33. The zero-order valence-electron chi connectivity index (χ0n) is 17.1. The van der Waals surface area contributed by atoms with Crippen molar-refractivity contribution >= 4 is 29.1 Å². The molecule has 2 N–H and O–H groups in total. The van der Waals surface area contributed by atoms with Gasteiger partial charge in [-0.2, -0.15) is 0 Å². The Balaban J connectivity index is 1.44. The first-order valence-electron chi connectivity index (χ1n) is 10.5. The Kier molecular flexibility index (Phi) is 6.11. The number of nitrogens with one attached hydrogen (secondary N) is 2. The molecule has 158 valence electrons. The second kappa shape index (κ2) is 8.78. The number of benzene rings is 2. The van der Waals surface area contributed by atoms with Gasteiger partial charge in [-0.3, -0.25) is 9.59 Å². The lowest BCUT2D eigenvalue weighted by Gasteiger charge is -2.38. The molecular weight excluding hydrogens is 400 g/mol. The molecule has 2 aromatic rings. The Bertz CT molecular complexity index is 922. The van der Waals surface area contributed by atoms with Crippen LogP contribution < -0.4 is 10.6 Å². The third kappa shape index (κ3) is 4.68. The van der Waals surface area contributed by atoms with Gasteiger partial charge in [0.15, 0.2) is 0 Å². The van der Waals surface area contributed by atoms with E-state index in [1.807, 2.05) is 30.3 Å². The van der Waals surface area contributed by atoms with Gasteiger partial charge in [0.1, 0.15) is 0 Å². The van der Waals surface area contributed by atoms with Crippen LogP contribution in [0.25, 0.3) is 0 Å². The molecule has 5 nitrogen and oxygen atoms in total.